The molecule has 0 spiro atoms. The van der Waals surface area contributed by atoms with E-state index in [1.54, 1.807) is 0 Å². The van der Waals surface area contributed by atoms with E-state index in [0.29, 0.717) is 0 Å². The van der Waals surface area contributed by atoms with Crippen LogP contribution in [0, 0.1) is 13.8 Å². The Morgan fingerprint density at radius 3 is 1.89 bits per heavy atom. The van der Waals surface area contributed by atoms with Gasteiger partial charge >= 0.3 is 0 Å². The number of pyridine rings is 1. The second-order valence-electron chi connectivity index (χ2n) is 19.9. The number of aryl methyl sites for hydroxylation is 4. The molecule has 0 radical (unpaired) electrons. The first-order chi connectivity index (χ1) is 29.3. The van der Waals surface area contributed by atoms with Crippen molar-refractivity contribution in [1.29, 1.82) is 0 Å². The fourth-order valence-electron chi connectivity index (χ4n) is 10.2. The van der Waals surface area contributed by atoms with Gasteiger partial charge in [0.15, 0.2) is 0 Å². The summed E-state index contributed by atoms with van der Waals surface area (Å²) in [6.45, 7) is 19.0. The fourth-order valence-corrected chi connectivity index (χ4v) is 12.5. The zero-order valence-electron chi connectivity index (χ0n) is 36.8. The second kappa shape index (κ2) is 13.8. The molecule has 9 aromatic rings. The van der Waals surface area contributed by atoms with Crippen molar-refractivity contribution in [2.24, 2.45) is 0 Å². The first-order valence-electron chi connectivity index (χ1n) is 22.1. The standard InChI is InChI=1S/C55H54N4Si2/c1-35-21-23-56-55(25-35)58-51-19-17-39(37-11-9-13-43(26-37)60(3,4)5)28-47(51)49-30-41-15-16-42-31-50-48-29-40(38-12-10-14-44(27-38)61(6,7)8)18-20-52(48)59(57-24-22-36(2)34-57)54(50)33-46(42)45(41)32-53(49)58/h9-14,18,20-34H,15-17,19H2,1-8H3. The van der Waals surface area contributed by atoms with Gasteiger partial charge in [-0.15, -0.1) is 0 Å². The van der Waals surface area contributed by atoms with Gasteiger partial charge in [0.25, 0.3) is 0 Å². The number of nitrogens with zero attached hydrogens (tertiary/aromatic N) is 4. The smallest absolute Gasteiger partial charge is 0.137 e. The van der Waals surface area contributed by atoms with E-state index in [1.165, 1.54) is 110 Å². The molecule has 2 aliphatic carbocycles. The lowest BCUT2D eigenvalue weighted by Crippen LogP contribution is -2.37. The van der Waals surface area contributed by atoms with Gasteiger partial charge in [-0.2, -0.15) is 0 Å². The van der Waals surface area contributed by atoms with Gasteiger partial charge in [-0.1, -0.05) is 104 Å². The molecule has 6 heteroatoms. The average molecular weight is 827 g/mol. The fraction of sp³-hybridized carbons (Fsp3) is 0.218. The van der Waals surface area contributed by atoms with E-state index in [-0.39, 0.29) is 0 Å². The minimum absolute atomic E-state index is 0.978. The summed E-state index contributed by atoms with van der Waals surface area (Å²) in [6, 6.07) is 42.4. The first-order valence-corrected chi connectivity index (χ1v) is 29.1. The highest BCUT2D eigenvalue weighted by atomic mass is 28.3. The maximum atomic E-state index is 5.01. The van der Waals surface area contributed by atoms with Crippen LogP contribution in [0.3, 0.4) is 0 Å². The molecule has 302 valence electrons. The summed E-state index contributed by atoms with van der Waals surface area (Å²) in [7, 11) is -2.91. The monoisotopic (exact) mass is 826 g/mol. The third kappa shape index (κ3) is 6.33. The van der Waals surface area contributed by atoms with Crippen molar-refractivity contribution in [1.82, 2.24) is 18.9 Å². The lowest BCUT2D eigenvalue weighted by molar-refractivity contribution is 0.717. The minimum atomic E-state index is -1.46. The highest BCUT2D eigenvalue weighted by Crippen LogP contribution is 2.45. The van der Waals surface area contributed by atoms with E-state index in [2.05, 4.69) is 195 Å². The van der Waals surface area contributed by atoms with E-state index in [1.807, 2.05) is 6.20 Å². The van der Waals surface area contributed by atoms with Crippen LogP contribution in [0.25, 0.3) is 72.4 Å². The highest BCUT2D eigenvalue weighted by Gasteiger charge is 2.28. The number of hydrogen-bond acceptors (Lipinski definition) is 1. The van der Waals surface area contributed by atoms with Crippen molar-refractivity contribution in [2.75, 3.05) is 0 Å². The first kappa shape index (κ1) is 38.0. The Bertz CT molecular complexity index is 3300. The van der Waals surface area contributed by atoms with Crippen LogP contribution < -0.4 is 10.4 Å². The third-order valence-electron chi connectivity index (χ3n) is 13.6. The number of aromatic nitrogens is 4. The van der Waals surface area contributed by atoms with Gasteiger partial charge in [-0.25, -0.2) is 9.66 Å². The second-order valence-corrected chi connectivity index (χ2v) is 30.0. The molecule has 11 rings (SSSR count). The van der Waals surface area contributed by atoms with Crippen LogP contribution in [0.2, 0.25) is 39.3 Å². The Hall–Kier alpha value is -5.96. The Kier molecular flexibility index (Phi) is 8.58. The van der Waals surface area contributed by atoms with E-state index >= 15 is 0 Å². The third-order valence-corrected chi connectivity index (χ3v) is 17.6. The molecule has 4 heterocycles. The Morgan fingerprint density at radius 1 is 0.541 bits per heavy atom. The van der Waals surface area contributed by atoms with Crippen LogP contribution in [0.1, 0.15) is 45.5 Å². The van der Waals surface area contributed by atoms with Crippen molar-refractivity contribution >= 4 is 70.9 Å². The van der Waals surface area contributed by atoms with Crippen LogP contribution in [0.4, 0.5) is 0 Å². The Labute approximate surface area is 361 Å². The summed E-state index contributed by atoms with van der Waals surface area (Å²) in [5.74, 6) is 1.00. The van der Waals surface area contributed by atoms with Crippen LogP contribution >= 0.6 is 0 Å². The molecule has 0 aliphatic heterocycles. The van der Waals surface area contributed by atoms with Crippen LogP contribution in [-0.4, -0.2) is 35.1 Å². The maximum Gasteiger partial charge on any atom is 0.137 e. The molecule has 0 N–H and O–H groups in total. The zero-order chi connectivity index (χ0) is 41.9. The molecule has 0 saturated heterocycles. The lowest BCUT2D eigenvalue weighted by atomic mass is 9.83. The lowest BCUT2D eigenvalue weighted by Gasteiger charge is -2.21. The van der Waals surface area contributed by atoms with Crippen molar-refractivity contribution < 1.29 is 0 Å². The Balaban J connectivity index is 1.12. The van der Waals surface area contributed by atoms with Crippen molar-refractivity contribution in [2.45, 2.75) is 78.8 Å². The topological polar surface area (TPSA) is 27.7 Å². The molecule has 4 nitrogen and oxygen atoms in total. The predicted octanol–water partition coefficient (Wildman–Crippen LogP) is 12.9. The normalized spacial score (nSPS) is 14.1. The summed E-state index contributed by atoms with van der Waals surface area (Å²) in [5, 5.41) is 6.95. The average Bonchev–Trinajstić information content (AvgIpc) is 3.91. The van der Waals surface area contributed by atoms with Crippen molar-refractivity contribution in [3.63, 3.8) is 0 Å². The molecule has 0 fully saturated rings. The van der Waals surface area contributed by atoms with Crippen LogP contribution in [0.5, 0.6) is 0 Å². The maximum absolute atomic E-state index is 5.01. The summed E-state index contributed by atoms with van der Waals surface area (Å²) >= 11 is 0. The largest absolute Gasteiger partial charge is 0.298 e. The molecule has 0 atom stereocenters. The SMILES string of the molecule is Cc1ccnc(-n2c3c(c4cc5c(cc42)-c2cc4c(cc2CC5)c2cc(-c5cccc([Si](C)(C)C)c5)ccc2n4-n2ccc(C)c2)C=C(c2cccc([Si](C)(C)C)c2)CC3)c1. The molecule has 5 aromatic carbocycles. The number of benzene rings is 5. The summed E-state index contributed by atoms with van der Waals surface area (Å²) in [4.78, 5) is 5.01. The molecule has 4 aromatic heterocycles. The van der Waals surface area contributed by atoms with E-state index < -0.39 is 16.1 Å². The molecule has 0 amide bonds. The molecule has 2 aliphatic rings. The van der Waals surface area contributed by atoms with E-state index in [4.69, 9.17) is 4.98 Å². The minimum Gasteiger partial charge on any atom is -0.298 e. The molecule has 0 bridgehead atoms. The quantitative estimate of drug-likeness (QED) is 0.153. The zero-order valence-corrected chi connectivity index (χ0v) is 38.8. The molecule has 61 heavy (non-hydrogen) atoms. The van der Waals surface area contributed by atoms with Gasteiger partial charge in [0.1, 0.15) is 5.82 Å². The van der Waals surface area contributed by atoms with Crippen molar-refractivity contribution in [3.05, 3.63) is 167 Å². The van der Waals surface area contributed by atoms with Gasteiger partial charge in [-0.3, -0.25) is 9.24 Å². The summed E-state index contributed by atoms with van der Waals surface area (Å²) in [6.07, 6.45) is 13.0. The highest BCUT2D eigenvalue weighted by molar-refractivity contribution is 6.89. The van der Waals surface area contributed by atoms with Gasteiger partial charge in [0.2, 0.25) is 0 Å². The summed E-state index contributed by atoms with van der Waals surface area (Å²) < 4.78 is 7.18. The number of hydrogen-bond donors (Lipinski definition) is 0. The van der Waals surface area contributed by atoms with E-state index in [9.17, 15) is 0 Å². The van der Waals surface area contributed by atoms with Gasteiger partial charge in [0.05, 0.1) is 32.7 Å². The van der Waals surface area contributed by atoms with Gasteiger partial charge in [0, 0.05) is 46.0 Å². The van der Waals surface area contributed by atoms with Crippen molar-refractivity contribution in [3.8, 4) is 28.1 Å². The number of fused-ring (bicyclic) bond motifs is 9. The van der Waals surface area contributed by atoms with Gasteiger partial charge < -0.3 is 0 Å². The van der Waals surface area contributed by atoms with E-state index in [0.717, 1.165) is 31.5 Å². The van der Waals surface area contributed by atoms with Gasteiger partial charge in [-0.05, 0) is 156 Å². The van der Waals surface area contributed by atoms with Crippen LogP contribution in [-0.2, 0) is 19.3 Å². The van der Waals surface area contributed by atoms with Crippen LogP contribution in [0.15, 0.2) is 128 Å². The molecular weight excluding hydrogens is 773 g/mol. The number of rotatable bonds is 6. The Morgan fingerprint density at radius 2 is 1.20 bits per heavy atom. The molecule has 0 saturated carbocycles. The molecule has 0 unspecified atom stereocenters. The predicted molar refractivity (Wildman–Crippen MR) is 266 cm³/mol. The summed E-state index contributed by atoms with van der Waals surface area (Å²) in [5.41, 5.74) is 19.8. The number of allylic oxidation sites excluding steroid dienone is 1. The molecular formula is C55H54N4Si2.